The average molecular weight is 363 g/mol. The van der Waals surface area contributed by atoms with Crippen molar-refractivity contribution >= 4 is 5.91 Å². The first-order valence-electron chi connectivity index (χ1n) is 9.00. The Bertz CT molecular complexity index is 900. The lowest BCUT2D eigenvalue weighted by molar-refractivity contribution is 0.0680. The minimum absolute atomic E-state index is 0.00744. The molecule has 0 saturated heterocycles. The molecule has 2 aromatic carbocycles. The molecular formula is C22H25N3O2. The molecule has 3 aromatic rings. The van der Waals surface area contributed by atoms with Gasteiger partial charge in [0.05, 0.1) is 12.8 Å². The molecule has 5 nitrogen and oxygen atoms in total. The Kier molecular flexibility index (Phi) is 6.04. The van der Waals surface area contributed by atoms with Crippen LogP contribution in [0.3, 0.4) is 0 Å². The van der Waals surface area contributed by atoms with E-state index in [1.807, 2.05) is 60.7 Å². The van der Waals surface area contributed by atoms with Crippen LogP contribution < -0.4 is 0 Å². The van der Waals surface area contributed by atoms with E-state index in [2.05, 4.69) is 24.2 Å². The monoisotopic (exact) mass is 363 g/mol. The van der Waals surface area contributed by atoms with Gasteiger partial charge in [0.1, 0.15) is 0 Å². The predicted octanol–water partition coefficient (Wildman–Crippen LogP) is 3.68. The highest BCUT2D eigenvalue weighted by atomic mass is 16.5. The van der Waals surface area contributed by atoms with E-state index in [1.165, 1.54) is 5.56 Å². The maximum Gasteiger partial charge on any atom is 0.254 e. The summed E-state index contributed by atoms with van der Waals surface area (Å²) < 4.78 is 6.97. The summed E-state index contributed by atoms with van der Waals surface area (Å²) in [6, 6.07) is 15.8. The lowest BCUT2D eigenvalue weighted by Crippen LogP contribution is -2.33. The molecule has 140 valence electrons. The summed E-state index contributed by atoms with van der Waals surface area (Å²) in [5.74, 6) is 0.00744. The quantitative estimate of drug-likeness (QED) is 0.643. The minimum atomic E-state index is 0.00744. The fourth-order valence-electron chi connectivity index (χ4n) is 3.01. The summed E-state index contributed by atoms with van der Waals surface area (Å²) in [7, 11) is 3.54. The van der Waals surface area contributed by atoms with Gasteiger partial charge in [-0.3, -0.25) is 9.48 Å². The molecule has 0 spiro atoms. The van der Waals surface area contributed by atoms with Crippen LogP contribution in [0.15, 0.2) is 60.9 Å². The number of amides is 1. The Morgan fingerprint density at radius 3 is 2.48 bits per heavy atom. The molecule has 1 amide bonds. The number of benzene rings is 2. The molecule has 27 heavy (non-hydrogen) atoms. The van der Waals surface area contributed by atoms with Crippen LogP contribution in [0.25, 0.3) is 11.1 Å². The van der Waals surface area contributed by atoms with Gasteiger partial charge in [0.2, 0.25) is 0 Å². The first-order valence-corrected chi connectivity index (χ1v) is 9.00. The highest BCUT2D eigenvalue weighted by Gasteiger charge is 2.17. The summed E-state index contributed by atoms with van der Waals surface area (Å²) in [6.45, 7) is 3.69. The third-order valence-corrected chi connectivity index (χ3v) is 4.65. The molecule has 0 radical (unpaired) electrons. The highest BCUT2D eigenvalue weighted by Crippen LogP contribution is 2.20. The van der Waals surface area contributed by atoms with Crippen LogP contribution in [0.5, 0.6) is 0 Å². The van der Waals surface area contributed by atoms with Gasteiger partial charge in [-0.05, 0) is 35.7 Å². The molecule has 0 aliphatic heterocycles. The number of aromatic nitrogens is 2. The molecule has 0 bridgehead atoms. The third kappa shape index (κ3) is 4.63. The lowest BCUT2D eigenvalue weighted by Gasteiger charge is -2.23. The van der Waals surface area contributed by atoms with Crippen LogP contribution in [0.4, 0.5) is 0 Å². The maximum atomic E-state index is 13.1. The molecule has 3 rings (SSSR count). The number of carbonyl (C=O) groups excluding carboxylic acids is 1. The van der Waals surface area contributed by atoms with E-state index < -0.39 is 0 Å². The van der Waals surface area contributed by atoms with Crippen molar-refractivity contribution in [1.29, 1.82) is 0 Å². The smallest absolute Gasteiger partial charge is 0.254 e. The zero-order valence-electron chi connectivity index (χ0n) is 16.1. The molecule has 0 fully saturated rings. The molecule has 0 aliphatic rings. The van der Waals surface area contributed by atoms with E-state index in [1.54, 1.807) is 11.8 Å². The van der Waals surface area contributed by atoms with Crippen molar-refractivity contribution < 1.29 is 9.53 Å². The third-order valence-electron chi connectivity index (χ3n) is 4.65. The Morgan fingerprint density at radius 1 is 1.11 bits per heavy atom. The second kappa shape index (κ2) is 8.64. The van der Waals surface area contributed by atoms with Crippen molar-refractivity contribution in [3.8, 4) is 11.1 Å². The van der Waals surface area contributed by atoms with E-state index in [4.69, 9.17) is 4.74 Å². The van der Waals surface area contributed by atoms with Crippen molar-refractivity contribution in [3.63, 3.8) is 0 Å². The fourth-order valence-corrected chi connectivity index (χ4v) is 3.01. The van der Waals surface area contributed by atoms with Gasteiger partial charge in [-0.25, -0.2) is 0 Å². The second-order valence-corrected chi connectivity index (χ2v) is 6.63. The van der Waals surface area contributed by atoms with Crippen molar-refractivity contribution in [2.24, 2.45) is 7.05 Å². The fraction of sp³-hybridized carbons (Fsp3) is 0.273. The molecule has 1 heterocycles. The predicted molar refractivity (Wildman–Crippen MR) is 106 cm³/mol. The van der Waals surface area contributed by atoms with E-state index in [0.29, 0.717) is 25.3 Å². The van der Waals surface area contributed by atoms with Crippen molar-refractivity contribution in [3.05, 3.63) is 77.6 Å². The van der Waals surface area contributed by atoms with Gasteiger partial charge < -0.3 is 9.64 Å². The Morgan fingerprint density at radius 2 is 1.85 bits per heavy atom. The molecule has 1 aromatic heterocycles. The van der Waals surface area contributed by atoms with Crippen molar-refractivity contribution in [1.82, 2.24) is 14.7 Å². The van der Waals surface area contributed by atoms with Crippen LogP contribution in [0.2, 0.25) is 0 Å². The number of aryl methyl sites for hydroxylation is 2. The molecule has 5 heteroatoms. The summed E-state index contributed by atoms with van der Waals surface area (Å²) in [4.78, 5) is 14.9. The van der Waals surface area contributed by atoms with Gasteiger partial charge >= 0.3 is 0 Å². The van der Waals surface area contributed by atoms with E-state index >= 15 is 0 Å². The Labute approximate surface area is 160 Å². The molecule has 0 unspecified atom stereocenters. The van der Waals surface area contributed by atoms with Crippen LogP contribution in [-0.4, -0.2) is 40.8 Å². The first-order chi connectivity index (χ1) is 13.1. The van der Waals surface area contributed by atoms with Gasteiger partial charge in [-0.2, -0.15) is 5.10 Å². The molecular weight excluding hydrogens is 338 g/mol. The van der Waals surface area contributed by atoms with E-state index in [-0.39, 0.29) is 5.91 Å². The molecule has 0 atom stereocenters. The Balaban J connectivity index is 1.79. The average Bonchev–Trinajstić information content (AvgIpc) is 3.12. The van der Waals surface area contributed by atoms with E-state index in [0.717, 1.165) is 16.7 Å². The van der Waals surface area contributed by atoms with Gasteiger partial charge in [0, 0.05) is 44.6 Å². The van der Waals surface area contributed by atoms with Crippen molar-refractivity contribution in [2.45, 2.75) is 13.5 Å². The van der Waals surface area contributed by atoms with Crippen LogP contribution in [0, 0.1) is 6.92 Å². The van der Waals surface area contributed by atoms with E-state index in [9.17, 15) is 4.79 Å². The first kappa shape index (κ1) is 18.9. The SMILES string of the molecule is COCCN(Cc1ccccc1C)C(=O)c1ccc(-c2cnn(C)c2)cc1. The number of ether oxygens (including phenoxy) is 1. The maximum absolute atomic E-state index is 13.1. The number of nitrogens with zero attached hydrogens (tertiary/aromatic N) is 3. The second-order valence-electron chi connectivity index (χ2n) is 6.63. The van der Waals surface area contributed by atoms with Gasteiger partial charge in [-0.1, -0.05) is 36.4 Å². The molecule has 0 N–H and O–H groups in total. The lowest BCUT2D eigenvalue weighted by atomic mass is 10.1. The zero-order chi connectivity index (χ0) is 19.2. The number of methoxy groups -OCH3 is 1. The topological polar surface area (TPSA) is 47.4 Å². The van der Waals surface area contributed by atoms with Gasteiger partial charge in [0.15, 0.2) is 0 Å². The summed E-state index contributed by atoms with van der Waals surface area (Å²) in [6.07, 6.45) is 3.78. The number of rotatable bonds is 7. The standard InChI is InChI=1S/C22H25N3O2/c1-17-6-4-5-7-20(17)16-25(12-13-27-3)22(26)19-10-8-18(9-11-19)21-14-23-24(2)15-21/h4-11,14-15H,12-13,16H2,1-3H3. The summed E-state index contributed by atoms with van der Waals surface area (Å²) in [5, 5.41) is 4.20. The highest BCUT2D eigenvalue weighted by molar-refractivity contribution is 5.94. The zero-order valence-corrected chi connectivity index (χ0v) is 16.1. The summed E-state index contributed by atoms with van der Waals surface area (Å²) >= 11 is 0. The van der Waals surface area contributed by atoms with Crippen molar-refractivity contribution in [2.75, 3.05) is 20.3 Å². The van der Waals surface area contributed by atoms with Gasteiger partial charge in [0.25, 0.3) is 5.91 Å². The largest absolute Gasteiger partial charge is 0.383 e. The van der Waals surface area contributed by atoms with Crippen LogP contribution in [0.1, 0.15) is 21.5 Å². The van der Waals surface area contributed by atoms with Crippen LogP contribution in [-0.2, 0) is 18.3 Å². The number of hydrogen-bond donors (Lipinski definition) is 0. The Hall–Kier alpha value is -2.92. The molecule has 0 aliphatic carbocycles. The number of hydrogen-bond acceptors (Lipinski definition) is 3. The van der Waals surface area contributed by atoms with Gasteiger partial charge in [-0.15, -0.1) is 0 Å². The van der Waals surface area contributed by atoms with Crippen LogP contribution >= 0.6 is 0 Å². The number of carbonyl (C=O) groups is 1. The molecule has 0 saturated carbocycles. The normalized spacial score (nSPS) is 10.8. The minimum Gasteiger partial charge on any atom is -0.383 e. The summed E-state index contributed by atoms with van der Waals surface area (Å²) in [5.41, 5.74) is 5.08.